The van der Waals surface area contributed by atoms with E-state index in [1.54, 1.807) is 0 Å². The Morgan fingerprint density at radius 3 is 2.62 bits per heavy atom. The molecule has 7 heteroatoms. The van der Waals surface area contributed by atoms with Crippen LogP contribution in [0.4, 0.5) is 14.5 Å². The Morgan fingerprint density at radius 1 is 1.38 bits per heavy atom. The first kappa shape index (κ1) is 13.2. The van der Waals surface area contributed by atoms with Gasteiger partial charge in [-0.3, -0.25) is 9.11 Å². The molecule has 3 nitrogen and oxygen atoms in total. The van der Waals surface area contributed by atoms with Gasteiger partial charge in [-0.25, -0.2) is 12.8 Å². The first-order valence-electron chi connectivity index (χ1n) is 4.46. The number of hydrogen-bond acceptors (Lipinski definition) is 2. The van der Waals surface area contributed by atoms with E-state index in [1.165, 1.54) is 12.1 Å². The smallest absolute Gasteiger partial charge is 0.232 e. The Hall–Kier alpha value is -0.880. The highest BCUT2D eigenvalue weighted by molar-refractivity contribution is 7.92. The van der Waals surface area contributed by atoms with E-state index in [2.05, 4.69) is 0 Å². The predicted octanol–water partition coefficient (Wildman–Crippen LogP) is 2.58. The number of anilines is 1. The van der Waals surface area contributed by atoms with Gasteiger partial charge in [-0.05, 0) is 24.6 Å². The standard InChI is InChI=1S/C9H10ClF2NO2S/c10-7-2-3-9(8(12)6-7)13-16(14,15)5-1-4-11/h2-3,6,13H,1,4-5H2. The molecule has 90 valence electrons. The maximum atomic E-state index is 13.2. The first-order valence-corrected chi connectivity index (χ1v) is 6.49. The minimum absolute atomic E-state index is 0.120. The molecule has 0 aromatic heterocycles. The lowest BCUT2D eigenvalue weighted by atomic mass is 10.3. The molecule has 1 aromatic carbocycles. The molecule has 0 heterocycles. The summed E-state index contributed by atoms with van der Waals surface area (Å²) in [6.07, 6.45) is -0.120. The van der Waals surface area contributed by atoms with E-state index >= 15 is 0 Å². The molecule has 0 spiro atoms. The third kappa shape index (κ3) is 3.94. The van der Waals surface area contributed by atoms with Crippen LogP contribution in [0.1, 0.15) is 6.42 Å². The van der Waals surface area contributed by atoms with Crippen molar-refractivity contribution in [1.29, 1.82) is 0 Å². The first-order chi connectivity index (χ1) is 7.44. The zero-order chi connectivity index (χ0) is 12.2. The van der Waals surface area contributed by atoms with E-state index in [4.69, 9.17) is 11.6 Å². The lowest BCUT2D eigenvalue weighted by Gasteiger charge is -2.08. The molecule has 0 fully saturated rings. The summed E-state index contributed by atoms with van der Waals surface area (Å²) in [6.45, 7) is -0.732. The number of halogens is 3. The van der Waals surface area contributed by atoms with Crippen LogP contribution in [-0.4, -0.2) is 20.8 Å². The Labute approximate surface area is 97.5 Å². The highest BCUT2D eigenvalue weighted by Crippen LogP contribution is 2.20. The van der Waals surface area contributed by atoms with Crippen LogP contribution in [0.5, 0.6) is 0 Å². The topological polar surface area (TPSA) is 46.2 Å². The molecule has 0 unspecified atom stereocenters. The Bertz CT molecular complexity index is 465. The van der Waals surface area contributed by atoms with Crippen LogP contribution >= 0.6 is 11.6 Å². The maximum absolute atomic E-state index is 13.2. The van der Waals surface area contributed by atoms with E-state index in [0.717, 1.165) is 6.07 Å². The summed E-state index contributed by atoms with van der Waals surface area (Å²) in [6, 6.07) is 3.57. The molecule has 0 atom stereocenters. The number of nitrogens with one attached hydrogen (secondary N) is 1. The average Bonchev–Trinajstić information content (AvgIpc) is 2.19. The van der Waals surface area contributed by atoms with Crippen LogP contribution in [0, 0.1) is 5.82 Å². The molecule has 0 aliphatic carbocycles. The van der Waals surface area contributed by atoms with Gasteiger partial charge in [0.1, 0.15) is 5.82 Å². The molecule has 0 aliphatic rings. The third-order valence-corrected chi connectivity index (χ3v) is 3.34. The van der Waals surface area contributed by atoms with Gasteiger partial charge in [0, 0.05) is 5.02 Å². The Morgan fingerprint density at radius 2 is 2.06 bits per heavy atom. The summed E-state index contributed by atoms with van der Waals surface area (Å²) in [5, 5.41) is 0.171. The van der Waals surface area contributed by atoms with Crippen molar-refractivity contribution in [3.8, 4) is 0 Å². The fourth-order valence-electron chi connectivity index (χ4n) is 1.04. The van der Waals surface area contributed by atoms with E-state index in [9.17, 15) is 17.2 Å². The van der Waals surface area contributed by atoms with Gasteiger partial charge in [-0.2, -0.15) is 0 Å². The van der Waals surface area contributed by atoms with Crippen LogP contribution in [0.3, 0.4) is 0 Å². The van der Waals surface area contributed by atoms with Gasteiger partial charge in [0.25, 0.3) is 0 Å². The summed E-state index contributed by atoms with van der Waals surface area (Å²) < 4.78 is 49.7. The molecule has 0 aliphatic heterocycles. The lowest BCUT2D eigenvalue weighted by molar-refractivity contribution is 0.484. The number of rotatable bonds is 5. The quantitative estimate of drug-likeness (QED) is 0.893. The second-order valence-corrected chi connectivity index (χ2v) is 5.37. The van der Waals surface area contributed by atoms with Crippen LogP contribution in [0.15, 0.2) is 18.2 Å². The van der Waals surface area contributed by atoms with Crippen molar-refractivity contribution >= 4 is 27.3 Å². The van der Waals surface area contributed by atoms with Gasteiger partial charge < -0.3 is 0 Å². The lowest BCUT2D eigenvalue weighted by Crippen LogP contribution is -2.17. The Balaban J connectivity index is 2.80. The largest absolute Gasteiger partial charge is 0.281 e. The van der Waals surface area contributed by atoms with Gasteiger partial charge in [-0.15, -0.1) is 0 Å². The molecule has 0 amide bonds. The molecule has 1 aromatic rings. The number of sulfonamides is 1. The SMILES string of the molecule is O=S(=O)(CCCF)Nc1ccc(Cl)cc1F. The molecule has 0 bridgehead atoms. The summed E-state index contributed by atoms with van der Waals surface area (Å²) in [7, 11) is -3.71. The van der Waals surface area contributed by atoms with E-state index < -0.39 is 22.5 Å². The molecule has 16 heavy (non-hydrogen) atoms. The molecule has 0 saturated carbocycles. The summed E-state index contributed by atoms with van der Waals surface area (Å²) >= 11 is 5.50. The fourth-order valence-corrected chi connectivity index (χ4v) is 2.29. The van der Waals surface area contributed by atoms with Gasteiger partial charge in [-0.1, -0.05) is 11.6 Å². The fraction of sp³-hybridized carbons (Fsp3) is 0.333. The van der Waals surface area contributed by atoms with Crippen molar-refractivity contribution in [2.45, 2.75) is 6.42 Å². The monoisotopic (exact) mass is 269 g/mol. The van der Waals surface area contributed by atoms with Crippen molar-refractivity contribution < 1.29 is 17.2 Å². The van der Waals surface area contributed by atoms with E-state index in [1.807, 2.05) is 4.72 Å². The molecule has 1 N–H and O–H groups in total. The number of hydrogen-bond donors (Lipinski definition) is 1. The minimum atomic E-state index is -3.71. The number of benzene rings is 1. The number of alkyl halides is 1. The van der Waals surface area contributed by atoms with Crippen molar-refractivity contribution in [1.82, 2.24) is 0 Å². The van der Waals surface area contributed by atoms with Crippen LogP contribution in [-0.2, 0) is 10.0 Å². The van der Waals surface area contributed by atoms with Crippen molar-refractivity contribution in [2.75, 3.05) is 17.1 Å². The molecule has 0 saturated heterocycles. The van der Waals surface area contributed by atoms with Gasteiger partial charge >= 0.3 is 0 Å². The van der Waals surface area contributed by atoms with Crippen molar-refractivity contribution in [3.63, 3.8) is 0 Å². The highest BCUT2D eigenvalue weighted by atomic mass is 35.5. The second-order valence-electron chi connectivity index (χ2n) is 3.09. The van der Waals surface area contributed by atoms with Crippen molar-refractivity contribution in [3.05, 3.63) is 29.0 Å². The summed E-state index contributed by atoms with van der Waals surface area (Å²) in [5.41, 5.74) is -0.191. The summed E-state index contributed by atoms with van der Waals surface area (Å²) in [5.74, 6) is -1.15. The van der Waals surface area contributed by atoms with Gasteiger partial charge in [0.05, 0.1) is 18.1 Å². The molecular formula is C9H10ClF2NO2S. The average molecular weight is 270 g/mol. The molecule has 1 rings (SSSR count). The van der Waals surface area contributed by atoms with Gasteiger partial charge in [0.15, 0.2) is 0 Å². The summed E-state index contributed by atoms with van der Waals surface area (Å²) in [4.78, 5) is 0. The minimum Gasteiger partial charge on any atom is -0.281 e. The van der Waals surface area contributed by atoms with Crippen LogP contribution in [0.25, 0.3) is 0 Å². The predicted molar refractivity (Wildman–Crippen MR) is 59.4 cm³/mol. The zero-order valence-corrected chi connectivity index (χ0v) is 9.78. The van der Waals surface area contributed by atoms with Crippen molar-refractivity contribution in [2.24, 2.45) is 0 Å². The second kappa shape index (κ2) is 5.45. The zero-order valence-electron chi connectivity index (χ0n) is 8.21. The maximum Gasteiger partial charge on any atom is 0.232 e. The van der Waals surface area contributed by atoms with Crippen LogP contribution in [0.2, 0.25) is 5.02 Å². The van der Waals surface area contributed by atoms with E-state index in [0.29, 0.717) is 0 Å². The van der Waals surface area contributed by atoms with Crippen LogP contribution < -0.4 is 4.72 Å². The highest BCUT2D eigenvalue weighted by Gasteiger charge is 2.12. The van der Waals surface area contributed by atoms with Gasteiger partial charge in [0.2, 0.25) is 10.0 Å². The van der Waals surface area contributed by atoms with E-state index in [-0.39, 0.29) is 22.9 Å². The third-order valence-electron chi connectivity index (χ3n) is 1.74. The molecular weight excluding hydrogens is 260 g/mol. The Kier molecular flexibility index (Phi) is 4.49. The molecule has 0 radical (unpaired) electrons. The normalized spacial score (nSPS) is 11.4.